The number of carbonyl (C=O) groups is 1. The summed E-state index contributed by atoms with van der Waals surface area (Å²) in [5, 5.41) is 3.19. The molecule has 5 nitrogen and oxygen atoms in total. The first-order chi connectivity index (χ1) is 9.69. The van der Waals surface area contributed by atoms with Crippen LogP contribution in [-0.2, 0) is 5.41 Å². The van der Waals surface area contributed by atoms with Crippen LogP contribution in [0, 0.1) is 0 Å². The zero-order chi connectivity index (χ0) is 14.0. The Morgan fingerprint density at radius 1 is 1.30 bits per heavy atom. The summed E-state index contributed by atoms with van der Waals surface area (Å²) in [6.45, 7) is 3.73. The lowest BCUT2D eigenvalue weighted by molar-refractivity contribution is 0.0669. The van der Waals surface area contributed by atoms with Crippen LogP contribution < -0.4 is 0 Å². The van der Waals surface area contributed by atoms with Crippen LogP contribution in [0.25, 0.3) is 0 Å². The van der Waals surface area contributed by atoms with Gasteiger partial charge in [-0.3, -0.25) is 4.79 Å². The van der Waals surface area contributed by atoms with E-state index in [1.165, 1.54) is 11.3 Å². The van der Waals surface area contributed by atoms with E-state index in [2.05, 4.69) is 21.9 Å². The maximum Gasteiger partial charge on any atom is 0.272 e. The average Bonchev–Trinajstić information content (AvgIpc) is 3.03. The van der Waals surface area contributed by atoms with Crippen molar-refractivity contribution in [2.45, 2.75) is 25.2 Å². The monoisotopic (exact) mass is 288 g/mol. The van der Waals surface area contributed by atoms with E-state index in [-0.39, 0.29) is 11.3 Å². The van der Waals surface area contributed by atoms with E-state index in [4.69, 9.17) is 0 Å². The van der Waals surface area contributed by atoms with Crippen molar-refractivity contribution in [3.8, 4) is 0 Å². The normalized spacial score (nSPS) is 17.9. The van der Waals surface area contributed by atoms with Crippen LogP contribution in [0.4, 0.5) is 0 Å². The molecule has 1 saturated heterocycles. The summed E-state index contributed by atoms with van der Waals surface area (Å²) in [6, 6.07) is 1.66. The number of rotatable bonds is 2. The number of thiazole rings is 1. The minimum absolute atomic E-state index is 0.00594. The minimum Gasteiger partial charge on any atom is -0.337 e. The highest BCUT2D eigenvalue weighted by Crippen LogP contribution is 2.36. The molecule has 0 aliphatic carbocycles. The first-order valence-electron chi connectivity index (χ1n) is 6.64. The van der Waals surface area contributed by atoms with Gasteiger partial charge in [-0.15, -0.1) is 11.3 Å². The Bertz CT molecular complexity index is 576. The number of piperidine rings is 1. The SMILES string of the molecule is CC1(c2nccs2)CCN(C(=O)c2ccncn2)CC1. The molecule has 104 valence electrons. The van der Waals surface area contributed by atoms with Crippen LogP contribution in [0.2, 0.25) is 0 Å². The third-order valence-electron chi connectivity index (χ3n) is 3.90. The van der Waals surface area contributed by atoms with Crippen molar-refractivity contribution in [3.05, 3.63) is 40.9 Å². The molecule has 20 heavy (non-hydrogen) atoms. The molecule has 1 aliphatic heterocycles. The van der Waals surface area contributed by atoms with Crippen LogP contribution in [0.5, 0.6) is 0 Å². The number of carbonyl (C=O) groups excluding carboxylic acids is 1. The molecule has 2 aromatic heterocycles. The van der Waals surface area contributed by atoms with E-state index < -0.39 is 0 Å². The highest BCUT2D eigenvalue weighted by atomic mass is 32.1. The molecule has 0 radical (unpaired) electrons. The lowest BCUT2D eigenvalue weighted by Crippen LogP contribution is -2.44. The van der Waals surface area contributed by atoms with Gasteiger partial charge in [-0.2, -0.15) is 0 Å². The van der Waals surface area contributed by atoms with Gasteiger partial charge in [-0.05, 0) is 18.9 Å². The van der Waals surface area contributed by atoms with Crippen LogP contribution in [0.3, 0.4) is 0 Å². The Morgan fingerprint density at radius 3 is 2.70 bits per heavy atom. The molecule has 1 aliphatic rings. The van der Waals surface area contributed by atoms with Crippen molar-refractivity contribution in [2.75, 3.05) is 13.1 Å². The molecule has 3 heterocycles. The second kappa shape index (κ2) is 5.28. The zero-order valence-electron chi connectivity index (χ0n) is 11.3. The zero-order valence-corrected chi connectivity index (χ0v) is 12.1. The molecule has 6 heteroatoms. The Labute approximate surface area is 121 Å². The summed E-state index contributed by atoms with van der Waals surface area (Å²) in [4.78, 5) is 26.5. The van der Waals surface area contributed by atoms with Gasteiger partial charge in [0.1, 0.15) is 12.0 Å². The minimum atomic E-state index is -0.00594. The van der Waals surface area contributed by atoms with E-state index >= 15 is 0 Å². The topological polar surface area (TPSA) is 59.0 Å². The van der Waals surface area contributed by atoms with Crippen molar-refractivity contribution in [3.63, 3.8) is 0 Å². The molecule has 0 unspecified atom stereocenters. The molecule has 0 saturated carbocycles. The van der Waals surface area contributed by atoms with Gasteiger partial charge in [0.05, 0.1) is 5.01 Å². The van der Waals surface area contributed by atoms with Crippen molar-refractivity contribution < 1.29 is 4.79 Å². The summed E-state index contributed by atoms with van der Waals surface area (Å²) in [6.07, 6.45) is 6.75. The van der Waals surface area contributed by atoms with Crippen molar-refractivity contribution >= 4 is 17.2 Å². The molecular weight excluding hydrogens is 272 g/mol. The fourth-order valence-corrected chi connectivity index (χ4v) is 3.38. The predicted octanol–water partition coefficient (Wildman–Crippen LogP) is 2.13. The fourth-order valence-electron chi connectivity index (χ4n) is 2.52. The van der Waals surface area contributed by atoms with E-state index in [0.717, 1.165) is 25.9 Å². The van der Waals surface area contributed by atoms with Gasteiger partial charge in [0.25, 0.3) is 5.91 Å². The lowest BCUT2D eigenvalue weighted by atomic mass is 9.81. The first-order valence-corrected chi connectivity index (χ1v) is 7.52. The van der Waals surface area contributed by atoms with Gasteiger partial charge in [0.2, 0.25) is 0 Å². The number of hydrogen-bond donors (Lipinski definition) is 0. The predicted molar refractivity (Wildman–Crippen MR) is 76.6 cm³/mol. The second-order valence-corrected chi connectivity index (χ2v) is 6.18. The van der Waals surface area contributed by atoms with Gasteiger partial charge >= 0.3 is 0 Å². The Hall–Kier alpha value is -1.82. The highest BCUT2D eigenvalue weighted by Gasteiger charge is 2.35. The molecule has 1 amide bonds. The van der Waals surface area contributed by atoms with E-state index in [9.17, 15) is 4.79 Å². The summed E-state index contributed by atoms with van der Waals surface area (Å²) in [5.74, 6) is -0.00594. The third kappa shape index (κ3) is 2.43. The maximum absolute atomic E-state index is 12.3. The van der Waals surface area contributed by atoms with Gasteiger partial charge in [-0.1, -0.05) is 6.92 Å². The fraction of sp³-hybridized carbons (Fsp3) is 0.429. The Balaban J connectivity index is 1.69. The lowest BCUT2D eigenvalue weighted by Gasteiger charge is -2.38. The first kappa shape index (κ1) is 13.2. The molecule has 0 spiro atoms. The quantitative estimate of drug-likeness (QED) is 0.849. The molecule has 0 bridgehead atoms. The van der Waals surface area contributed by atoms with Gasteiger partial charge < -0.3 is 4.90 Å². The van der Waals surface area contributed by atoms with E-state index in [0.29, 0.717) is 5.69 Å². The maximum atomic E-state index is 12.3. The number of aromatic nitrogens is 3. The molecule has 0 aromatic carbocycles. The standard InChI is InChI=1S/C14H16N4OS/c1-14(13-16-6-9-20-13)3-7-18(8-4-14)12(19)11-2-5-15-10-17-11/h2,5-6,9-10H,3-4,7-8H2,1H3. The van der Waals surface area contributed by atoms with Gasteiger partial charge in [-0.25, -0.2) is 15.0 Å². The largest absolute Gasteiger partial charge is 0.337 e. The average molecular weight is 288 g/mol. The smallest absolute Gasteiger partial charge is 0.272 e. The molecule has 3 rings (SSSR count). The number of hydrogen-bond acceptors (Lipinski definition) is 5. The molecule has 0 N–H and O–H groups in total. The third-order valence-corrected chi connectivity index (χ3v) is 4.98. The van der Waals surface area contributed by atoms with Gasteiger partial charge in [0, 0.05) is 36.3 Å². The van der Waals surface area contributed by atoms with Crippen molar-refractivity contribution in [1.82, 2.24) is 19.9 Å². The van der Waals surface area contributed by atoms with Crippen LogP contribution in [0.1, 0.15) is 35.3 Å². The Kier molecular flexibility index (Phi) is 3.48. The molecule has 0 atom stereocenters. The highest BCUT2D eigenvalue weighted by molar-refractivity contribution is 7.09. The second-order valence-electron chi connectivity index (χ2n) is 5.28. The van der Waals surface area contributed by atoms with E-state index in [1.54, 1.807) is 23.6 Å². The Morgan fingerprint density at radius 2 is 2.10 bits per heavy atom. The van der Waals surface area contributed by atoms with Crippen LogP contribution in [-0.4, -0.2) is 38.8 Å². The van der Waals surface area contributed by atoms with Gasteiger partial charge in [0.15, 0.2) is 0 Å². The van der Waals surface area contributed by atoms with Crippen molar-refractivity contribution in [2.24, 2.45) is 0 Å². The summed E-state index contributed by atoms with van der Waals surface area (Å²) in [5.41, 5.74) is 0.564. The molecular formula is C14H16N4OS. The summed E-state index contributed by atoms with van der Waals surface area (Å²) in [7, 11) is 0. The number of amides is 1. The summed E-state index contributed by atoms with van der Waals surface area (Å²) < 4.78 is 0. The van der Waals surface area contributed by atoms with E-state index in [1.807, 2.05) is 16.5 Å². The number of likely N-dealkylation sites (tertiary alicyclic amines) is 1. The number of nitrogens with zero attached hydrogens (tertiary/aromatic N) is 4. The van der Waals surface area contributed by atoms with Crippen LogP contribution >= 0.6 is 11.3 Å². The van der Waals surface area contributed by atoms with Crippen molar-refractivity contribution in [1.29, 1.82) is 0 Å². The van der Waals surface area contributed by atoms with Crippen LogP contribution in [0.15, 0.2) is 30.2 Å². The molecule has 1 fully saturated rings. The summed E-state index contributed by atoms with van der Waals surface area (Å²) >= 11 is 1.70. The molecule has 2 aromatic rings.